The minimum atomic E-state index is -1.43. The van der Waals surface area contributed by atoms with Crippen LogP contribution in [0.2, 0.25) is 0 Å². The number of nitrogens with zero attached hydrogens (tertiary/aromatic N) is 1. The normalized spacial score (nSPS) is 17.1. The van der Waals surface area contributed by atoms with Crippen molar-refractivity contribution in [3.8, 4) is 0 Å². The number of aliphatic carboxylic acids is 2. The summed E-state index contributed by atoms with van der Waals surface area (Å²) in [7, 11) is 0. The van der Waals surface area contributed by atoms with Crippen LogP contribution in [0.1, 0.15) is 5.56 Å². The van der Waals surface area contributed by atoms with Gasteiger partial charge in [0.1, 0.15) is 0 Å². The van der Waals surface area contributed by atoms with Crippen LogP contribution in [0.5, 0.6) is 0 Å². The number of para-hydroxylation sites is 1. The number of fused-ring (bicyclic) bond motifs is 1. The number of nitrogens with one attached hydrogen (secondary N) is 1. The summed E-state index contributed by atoms with van der Waals surface area (Å²) in [4.78, 5) is 37.9. The van der Waals surface area contributed by atoms with E-state index in [1.54, 1.807) is 24.3 Å². The van der Waals surface area contributed by atoms with Crippen LogP contribution in [0.15, 0.2) is 59.5 Å². The summed E-state index contributed by atoms with van der Waals surface area (Å²) in [6.45, 7) is -0.638. The maximum Gasteiger partial charge on any atom is 1.00 e. The Morgan fingerprint density at radius 3 is 2.34 bits per heavy atom. The summed E-state index contributed by atoms with van der Waals surface area (Å²) >= 11 is 1.33. The van der Waals surface area contributed by atoms with Crippen LogP contribution in [0, 0.1) is 0 Å². The first-order chi connectivity index (χ1) is 14.4. The molecule has 1 aliphatic heterocycles. The van der Waals surface area contributed by atoms with Crippen LogP contribution in [-0.4, -0.2) is 48.3 Å². The van der Waals surface area contributed by atoms with Gasteiger partial charge in [-0.25, -0.2) is 0 Å². The summed E-state index contributed by atoms with van der Waals surface area (Å²) in [6.07, 6.45) is 0.267. The molecule has 1 heterocycles. The van der Waals surface area contributed by atoms with E-state index in [4.69, 9.17) is 5.73 Å². The van der Waals surface area contributed by atoms with E-state index in [9.17, 15) is 24.6 Å². The third-order valence-electron chi connectivity index (χ3n) is 4.79. The van der Waals surface area contributed by atoms with Gasteiger partial charge in [0.2, 0.25) is 5.91 Å². The molecule has 2 aromatic carbocycles. The summed E-state index contributed by atoms with van der Waals surface area (Å²) in [5.74, 6) is -3.19. The number of rotatable bonds is 8. The number of hydrogen-bond donors (Lipinski definition) is 2. The van der Waals surface area contributed by atoms with Gasteiger partial charge in [0.15, 0.2) is 0 Å². The Kier molecular flexibility index (Phi) is 12.5. The first-order valence-electron chi connectivity index (χ1n) is 9.36. The van der Waals surface area contributed by atoms with Crippen molar-refractivity contribution in [3.63, 3.8) is 0 Å². The van der Waals surface area contributed by atoms with Crippen molar-refractivity contribution in [1.29, 1.82) is 0 Å². The maximum atomic E-state index is 13.1. The summed E-state index contributed by atoms with van der Waals surface area (Å²) < 4.78 is 0. The van der Waals surface area contributed by atoms with E-state index in [0.717, 1.165) is 15.4 Å². The molecule has 0 aliphatic carbocycles. The van der Waals surface area contributed by atoms with Crippen molar-refractivity contribution in [2.45, 2.75) is 29.4 Å². The Hall–Kier alpha value is -0.880. The quantitative estimate of drug-likeness (QED) is 0.361. The van der Waals surface area contributed by atoms with E-state index in [2.05, 4.69) is 5.32 Å². The number of carbonyl (C=O) groups excluding carboxylic acids is 3. The van der Waals surface area contributed by atoms with E-state index < -0.39 is 42.5 Å². The standard InChI is InChI=1S/C21H23N3O5S.2Na/c22-14(10-13-6-2-1-3-7-13)19(21(28)29)23-15-12-30-17-9-5-4-8-16(17)24(20(15)27)11-18(25)26;;/h1-9,14-15,19,23H,10-12,22H2,(H,25,26)(H,28,29);;/q;2*+1/p-2. The Morgan fingerprint density at radius 1 is 1.09 bits per heavy atom. The second kappa shape index (κ2) is 13.7. The Morgan fingerprint density at radius 2 is 1.72 bits per heavy atom. The number of carboxylic acids is 2. The van der Waals surface area contributed by atoms with Crippen LogP contribution >= 0.6 is 11.8 Å². The van der Waals surface area contributed by atoms with Gasteiger partial charge in [0, 0.05) is 16.7 Å². The van der Waals surface area contributed by atoms with Gasteiger partial charge in [-0.1, -0.05) is 42.5 Å². The minimum absolute atomic E-state index is 0. The fourth-order valence-electron chi connectivity index (χ4n) is 3.35. The van der Waals surface area contributed by atoms with E-state index >= 15 is 0 Å². The molecule has 1 aliphatic rings. The maximum absolute atomic E-state index is 13.1. The van der Waals surface area contributed by atoms with Crippen LogP contribution in [0.4, 0.5) is 5.69 Å². The first kappa shape index (κ1) is 29.2. The molecular formula is C21H21N3Na2O5S. The van der Waals surface area contributed by atoms with Gasteiger partial charge in [0.25, 0.3) is 0 Å². The zero-order valence-electron chi connectivity index (χ0n) is 18.0. The number of hydrogen-bond acceptors (Lipinski definition) is 8. The van der Waals surface area contributed by atoms with E-state index in [-0.39, 0.29) is 71.3 Å². The number of nitrogens with two attached hydrogens (primary N) is 1. The second-order valence-electron chi connectivity index (χ2n) is 6.94. The molecule has 3 unspecified atom stereocenters. The largest absolute Gasteiger partial charge is 1.00 e. The molecule has 3 atom stereocenters. The number of carbonyl (C=O) groups is 3. The predicted molar refractivity (Wildman–Crippen MR) is 108 cm³/mol. The average molecular weight is 473 g/mol. The van der Waals surface area contributed by atoms with Crippen molar-refractivity contribution in [2.24, 2.45) is 5.73 Å². The molecule has 0 fully saturated rings. The van der Waals surface area contributed by atoms with Crippen molar-refractivity contribution in [1.82, 2.24) is 5.32 Å². The van der Waals surface area contributed by atoms with Crippen molar-refractivity contribution < 1.29 is 83.7 Å². The third kappa shape index (κ3) is 7.58. The molecule has 32 heavy (non-hydrogen) atoms. The molecule has 2 aromatic rings. The van der Waals surface area contributed by atoms with E-state index in [1.165, 1.54) is 11.8 Å². The summed E-state index contributed by atoms with van der Waals surface area (Å²) in [5.41, 5.74) is 7.43. The van der Waals surface area contributed by atoms with E-state index in [1.807, 2.05) is 30.3 Å². The fourth-order valence-corrected chi connectivity index (χ4v) is 4.44. The Balaban J connectivity index is 0.00000256. The smallest absolute Gasteiger partial charge is 0.548 e. The molecule has 0 spiro atoms. The SMILES string of the molecule is NC(Cc1ccccc1)C(NC1CSc2ccccc2N(CC(=O)[O-])C1=O)C(=O)[O-].[Na+].[Na+]. The molecule has 3 rings (SSSR count). The van der Waals surface area contributed by atoms with Gasteiger partial charge in [-0.05, 0) is 24.1 Å². The predicted octanol–water partition coefficient (Wildman–Crippen LogP) is -7.47. The van der Waals surface area contributed by atoms with Gasteiger partial charge in [-0.2, -0.15) is 0 Å². The molecule has 8 nitrogen and oxygen atoms in total. The van der Waals surface area contributed by atoms with Gasteiger partial charge in [0.05, 0.1) is 36.3 Å². The minimum Gasteiger partial charge on any atom is -0.548 e. The number of anilines is 1. The van der Waals surface area contributed by atoms with Gasteiger partial charge >= 0.3 is 59.1 Å². The molecule has 0 saturated heterocycles. The molecule has 0 aromatic heterocycles. The van der Waals surface area contributed by atoms with Crippen LogP contribution in [0.25, 0.3) is 0 Å². The molecule has 11 heteroatoms. The van der Waals surface area contributed by atoms with Gasteiger partial charge < -0.3 is 30.4 Å². The van der Waals surface area contributed by atoms with Crippen molar-refractivity contribution >= 4 is 35.3 Å². The number of amides is 1. The Labute approximate surface area is 234 Å². The molecule has 0 saturated carbocycles. The van der Waals surface area contributed by atoms with Crippen molar-refractivity contribution in [2.75, 3.05) is 17.2 Å². The summed E-state index contributed by atoms with van der Waals surface area (Å²) in [6, 6.07) is 12.9. The molecular weight excluding hydrogens is 452 g/mol. The Bertz CT molecular complexity index is 935. The summed E-state index contributed by atoms with van der Waals surface area (Å²) in [5, 5.41) is 25.8. The zero-order valence-corrected chi connectivity index (χ0v) is 22.8. The molecule has 0 radical (unpaired) electrons. The van der Waals surface area contributed by atoms with E-state index in [0.29, 0.717) is 5.69 Å². The van der Waals surface area contributed by atoms with Crippen LogP contribution in [-0.2, 0) is 20.8 Å². The molecule has 158 valence electrons. The van der Waals surface area contributed by atoms with Crippen molar-refractivity contribution in [3.05, 3.63) is 60.2 Å². The molecule has 3 N–H and O–H groups in total. The van der Waals surface area contributed by atoms with Gasteiger partial charge in [-0.3, -0.25) is 10.1 Å². The number of benzene rings is 2. The number of carboxylic acid groups (broad SMARTS) is 2. The molecule has 0 bridgehead atoms. The first-order valence-corrected chi connectivity index (χ1v) is 10.3. The molecule has 1 amide bonds. The van der Waals surface area contributed by atoms with Crippen LogP contribution in [0.3, 0.4) is 0 Å². The third-order valence-corrected chi connectivity index (χ3v) is 5.95. The topological polar surface area (TPSA) is 139 Å². The van der Waals surface area contributed by atoms with Crippen LogP contribution < -0.4 is 85.3 Å². The second-order valence-corrected chi connectivity index (χ2v) is 8.01. The van der Waals surface area contributed by atoms with Gasteiger partial charge in [-0.15, -0.1) is 11.8 Å². The zero-order chi connectivity index (χ0) is 21.7. The fraction of sp³-hybridized carbons (Fsp3) is 0.286. The average Bonchev–Trinajstić information content (AvgIpc) is 2.84. The monoisotopic (exact) mass is 473 g/mol. The number of thioether (sulfide) groups is 1.